The van der Waals surface area contributed by atoms with E-state index >= 15 is 0 Å². The van der Waals surface area contributed by atoms with Crippen molar-refractivity contribution in [3.05, 3.63) is 84.4 Å². The number of aromatic nitrogens is 2. The number of aromatic amines is 1. The number of rotatable bonds is 4. The zero-order valence-corrected chi connectivity index (χ0v) is 15.3. The van der Waals surface area contributed by atoms with Crippen LogP contribution in [0.1, 0.15) is 11.7 Å². The molecule has 0 saturated carbocycles. The third-order valence-corrected chi connectivity index (χ3v) is 4.85. The summed E-state index contributed by atoms with van der Waals surface area (Å²) in [6.07, 6.45) is -1.24. The number of carbonyl (C=O) groups excluding carboxylic acids is 1. The number of aliphatic hydroxyl groups excluding tert-OH is 1. The van der Waals surface area contributed by atoms with Gasteiger partial charge in [0.15, 0.2) is 11.9 Å². The molecule has 6 heteroatoms. The number of aliphatic hydroxyl groups is 1. The van der Waals surface area contributed by atoms with E-state index in [1.54, 1.807) is 30.3 Å². The quantitative estimate of drug-likeness (QED) is 0.421. The fourth-order valence-corrected chi connectivity index (χ4v) is 3.38. The summed E-state index contributed by atoms with van der Waals surface area (Å²) >= 11 is 0. The van der Waals surface area contributed by atoms with Gasteiger partial charge in [0.1, 0.15) is 11.3 Å². The van der Waals surface area contributed by atoms with E-state index in [1.165, 1.54) is 0 Å². The van der Waals surface area contributed by atoms with Crippen molar-refractivity contribution in [2.24, 2.45) is 0 Å². The molecule has 1 atom stereocenters. The van der Waals surface area contributed by atoms with Gasteiger partial charge in [0.05, 0.1) is 5.52 Å². The molecule has 29 heavy (non-hydrogen) atoms. The molecule has 0 bridgehead atoms. The topological polar surface area (TPSA) is 91.2 Å². The second-order valence-electron chi connectivity index (χ2n) is 6.78. The number of carbonyl (C=O) groups is 1. The van der Waals surface area contributed by atoms with Gasteiger partial charge in [-0.05, 0) is 35.9 Å². The Morgan fingerprint density at radius 2 is 1.79 bits per heavy atom. The third-order valence-electron chi connectivity index (χ3n) is 4.85. The highest BCUT2D eigenvalue weighted by Gasteiger charge is 2.18. The minimum absolute atomic E-state index is 0.496. The smallest absolute Gasteiger partial charge is 0.257 e. The molecule has 1 unspecified atom stereocenters. The Kier molecular flexibility index (Phi) is 4.11. The molecule has 5 rings (SSSR count). The van der Waals surface area contributed by atoms with Gasteiger partial charge in [-0.1, -0.05) is 48.5 Å². The van der Waals surface area contributed by atoms with E-state index in [0.29, 0.717) is 22.7 Å². The van der Waals surface area contributed by atoms with Crippen LogP contribution in [0.2, 0.25) is 0 Å². The number of anilines is 1. The Morgan fingerprint density at radius 1 is 1.00 bits per heavy atom. The lowest BCUT2D eigenvalue weighted by Crippen LogP contribution is -2.20. The fourth-order valence-electron chi connectivity index (χ4n) is 3.38. The second kappa shape index (κ2) is 6.92. The maximum absolute atomic E-state index is 12.5. The third kappa shape index (κ3) is 3.15. The SMILES string of the molecule is O=C(Nc1ccc2[nH]nc(-c3cc4ccccc4o3)c2c1)C(O)c1ccccc1. The first-order valence-electron chi connectivity index (χ1n) is 9.20. The van der Waals surface area contributed by atoms with Crippen LogP contribution in [0, 0.1) is 0 Å². The number of H-pyrrole nitrogens is 1. The number of fused-ring (bicyclic) bond motifs is 2. The summed E-state index contributed by atoms with van der Waals surface area (Å²) in [6.45, 7) is 0. The molecule has 0 fully saturated rings. The normalized spacial score (nSPS) is 12.3. The van der Waals surface area contributed by atoms with Crippen molar-refractivity contribution in [2.45, 2.75) is 6.10 Å². The minimum atomic E-state index is -1.24. The molecule has 6 nitrogen and oxygen atoms in total. The molecule has 142 valence electrons. The standard InChI is InChI=1S/C23H17N3O3/c27-22(14-6-2-1-3-7-14)23(28)24-16-10-11-18-17(13-16)21(26-25-18)20-12-15-8-4-5-9-19(15)29-20/h1-13,22,27H,(H,24,28)(H,25,26). The Labute approximate surface area is 165 Å². The first-order valence-corrected chi connectivity index (χ1v) is 9.20. The van der Waals surface area contributed by atoms with Gasteiger partial charge in [-0.15, -0.1) is 0 Å². The Balaban J connectivity index is 1.47. The molecular weight excluding hydrogens is 366 g/mol. The zero-order chi connectivity index (χ0) is 19.8. The Bertz CT molecular complexity index is 1290. The minimum Gasteiger partial charge on any atom is -0.454 e. The highest BCUT2D eigenvalue weighted by atomic mass is 16.3. The van der Waals surface area contributed by atoms with Gasteiger partial charge in [0.2, 0.25) is 0 Å². The fraction of sp³-hybridized carbons (Fsp3) is 0.0435. The molecule has 0 aliphatic rings. The highest BCUT2D eigenvalue weighted by molar-refractivity contribution is 6.00. The molecule has 0 radical (unpaired) electrons. The number of nitrogens with one attached hydrogen (secondary N) is 2. The van der Waals surface area contributed by atoms with Crippen molar-refractivity contribution >= 4 is 33.5 Å². The average molecular weight is 383 g/mol. The largest absolute Gasteiger partial charge is 0.454 e. The summed E-state index contributed by atoms with van der Waals surface area (Å²) < 4.78 is 5.93. The summed E-state index contributed by atoms with van der Waals surface area (Å²) in [5.41, 5.74) is 3.38. The average Bonchev–Trinajstić information content (AvgIpc) is 3.37. The number of benzene rings is 3. The van der Waals surface area contributed by atoms with Gasteiger partial charge in [0, 0.05) is 16.5 Å². The van der Waals surface area contributed by atoms with Crippen LogP contribution in [0.4, 0.5) is 5.69 Å². The van der Waals surface area contributed by atoms with Gasteiger partial charge in [-0.3, -0.25) is 9.89 Å². The second-order valence-corrected chi connectivity index (χ2v) is 6.78. The van der Waals surface area contributed by atoms with E-state index in [2.05, 4.69) is 15.5 Å². The van der Waals surface area contributed by atoms with E-state index in [4.69, 9.17) is 4.42 Å². The molecule has 2 aromatic heterocycles. The van der Waals surface area contributed by atoms with Crippen molar-refractivity contribution < 1.29 is 14.3 Å². The molecule has 3 aromatic carbocycles. The monoisotopic (exact) mass is 383 g/mol. The highest BCUT2D eigenvalue weighted by Crippen LogP contribution is 2.32. The summed E-state index contributed by atoms with van der Waals surface area (Å²) in [5, 5.41) is 22.2. The molecule has 5 aromatic rings. The van der Waals surface area contributed by atoms with Crippen molar-refractivity contribution in [1.82, 2.24) is 10.2 Å². The van der Waals surface area contributed by atoms with Crippen LogP contribution in [0.25, 0.3) is 33.3 Å². The lowest BCUT2D eigenvalue weighted by Gasteiger charge is -2.11. The molecule has 0 spiro atoms. The first-order chi connectivity index (χ1) is 14.2. The number of amides is 1. The van der Waals surface area contributed by atoms with Crippen molar-refractivity contribution in [3.8, 4) is 11.5 Å². The molecule has 0 saturated heterocycles. The van der Waals surface area contributed by atoms with E-state index in [1.807, 2.05) is 48.5 Å². The van der Waals surface area contributed by atoms with Crippen LogP contribution in [-0.2, 0) is 4.79 Å². The van der Waals surface area contributed by atoms with Crippen LogP contribution in [0.5, 0.6) is 0 Å². The molecule has 1 amide bonds. The number of para-hydroxylation sites is 1. The molecule has 0 aliphatic carbocycles. The molecule has 3 N–H and O–H groups in total. The van der Waals surface area contributed by atoms with E-state index in [-0.39, 0.29) is 0 Å². The zero-order valence-electron chi connectivity index (χ0n) is 15.3. The number of hydrogen-bond acceptors (Lipinski definition) is 4. The lowest BCUT2D eigenvalue weighted by molar-refractivity contribution is -0.124. The maximum Gasteiger partial charge on any atom is 0.257 e. The van der Waals surface area contributed by atoms with E-state index in [9.17, 15) is 9.90 Å². The van der Waals surface area contributed by atoms with Gasteiger partial charge in [0.25, 0.3) is 5.91 Å². The van der Waals surface area contributed by atoms with Crippen molar-refractivity contribution in [3.63, 3.8) is 0 Å². The number of nitrogens with zero attached hydrogens (tertiary/aromatic N) is 1. The van der Waals surface area contributed by atoms with Crippen LogP contribution in [-0.4, -0.2) is 21.2 Å². The van der Waals surface area contributed by atoms with Gasteiger partial charge >= 0.3 is 0 Å². The van der Waals surface area contributed by atoms with E-state index in [0.717, 1.165) is 21.9 Å². The maximum atomic E-state index is 12.5. The molecule has 0 aliphatic heterocycles. The van der Waals surface area contributed by atoms with Gasteiger partial charge in [-0.2, -0.15) is 5.10 Å². The first kappa shape index (κ1) is 17.2. The van der Waals surface area contributed by atoms with Gasteiger partial charge < -0.3 is 14.8 Å². The van der Waals surface area contributed by atoms with Crippen LogP contribution < -0.4 is 5.32 Å². The Morgan fingerprint density at radius 3 is 2.62 bits per heavy atom. The number of furan rings is 1. The summed E-state index contributed by atoms with van der Waals surface area (Å²) in [7, 11) is 0. The molecular formula is C23H17N3O3. The number of hydrogen-bond donors (Lipinski definition) is 3. The van der Waals surface area contributed by atoms with Crippen LogP contribution in [0.15, 0.2) is 83.3 Å². The predicted octanol–water partition coefficient (Wildman–Crippen LogP) is 4.65. The lowest BCUT2D eigenvalue weighted by atomic mass is 10.1. The van der Waals surface area contributed by atoms with E-state index < -0.39 is 12.0 Å². The van der Waals surface area contributed by atoms with Gasteiger partial charge in [-0.25, -0.2) is 0 Å². The van der Waals surface area contributed by atoms with Crippen LogP contribution >= 0.6 is 0 Å². The molecule has 2 heterocycles. The van der Waals surface area contributed by atoms with Crippen molar-refractivity contribution in [1.29, 1.82) is 0 Å². The summed E-state index contributed by atoms with van der Waals surface area (Å²) in [4.78, 5) is 12.5. The summed E-state index contributed by atoms with van der Waals surface area (Å²) in [6, 6.07) is 23.9. The van der Waals surface area contributed by atoms with Crippen molar-refractivity contribution in [2.75, 3.05) is 5.32 Å². The Hall–Kier alpha value is -3.90. The van der Waals surface area contributed by atoms with Crippen LogP contribution in [0.3, 0.4) is 0 Å². The summed E-state index contributed by atoms with van der Waals surface area (Å²) in [5.74, 6) is 0.148. The predicted molar refractivity (Wildman–Crippen MR) is 111 cm³/mol.